The minimum Gasteiger partial charge on any atom is -0.370 e. The van der Waals surface area contributed by atoms with E-state index in [9.17, 15) is 0 Å². The van der Waals surface area contributed by atoms with Gasteiger partial charge in [0, 0.05) is 49.2 Å². The highest BCUT2D eigenvalue weighted by Gasteiger charge is 2.27. The van der Waals surface area contributed by atoms with E-state index >= 15 is 0 Å². The molecule has 0 aliphatic carbocycles. The predicted molar refractivity (Wildman–Crippen MR) is 118 cm³/mol. The quantitative estimate of drug-likeness (QED) is 0.408. The molecule has 0 aromatic carbocycles. The fourth-order valence-electron chi connectivity index (χ4n) is 3.03. The minimum absolute atomic E-state index is 0. The van der Waals surface area contributed by atoms with Gasteiger partial charge in [0.15, 0.2) is 5.96 Å². The summed E-state index contributed by atoms with van der Waals surface area (Å²) in [7, 11) is 3.77. The molecule has 1 fully saturated rings. The molecular weight excluding hydrogens is 461 g/mol. The van der Waals surface area contributed by atoms with Gasteiger partial charge < -0.3 is 15.0 Å². The van der Waals surface area contributed by atoms with E-state index in [4.69, 9.17) is 4.74 Å². The van der Waals surface area contributed by atoms with Crippen molar-refractivity contribution in [2.75, 3.05) is 33.3 Å². The molecule has 6 nitrogen and oxygen atoms in total. The van der Waals surface area contributed by atoms with Crippen molar-refractivity contribution in [2.45, 2.75) is 25.4 Å². The van der Waals surface area contributed by atoms with Crippen molar-refractivity contribution >= 4 is 41.3 Å². The zero-order chi connectivity index (χ0) is 17.9. The molecule has 8 heteroatoms. The van der Waals surface area contributed by atoms with Gasteiger partial charge in [-0.3, -0.25) is 9.67 Å². The van der Waals surface area contributed by atoms with Gasteiger partial charge in [0.25, 0.3) is 0 Å². The fraction of sp³-hybridized carbons (Fsp3) is 0.556. The molecule has 1 saturated heterocycles. The van der Waals surface area contributed by atoms with Crippen LogP contribution < -0.4 is 5.32 Å². The summed E-state index contributed by atoms with van der Waals surface area (Å²) in [5.74, 6) is 0.932. The van der Waals surface area contributed by atoms with Gasteiger partial charge in [-0.2, -0.15) is 5.10 Å². The number of hydrogen-bond donors (Lipinski definition) is 1. The molecule has 1 aliphatic rings. The number of rotatable bonds is 4. The van der Waals surface area contributed by atoms with E-state index in [-0.39, 0.29) is 35.5 Å². The third kappa shape index (κ3) is 4.98. The molecule has 2 aromatic heterocycles. The van der Waals surface area contributed by atoms with Crippen LogP contribution in [0.2, 0.25) is 0 Å². The number of ether oxygens (including phenoxy) is 1. The van der Waals surface area contributed by atoms with Crippen LogP contribution in [-0.4, -0.2) is 53.9 Å². The first-order valence-corrected chi connectivity index (χ1v) is 9.47. The Balaban J connectivity index is 0.00000243. The molecule has 3 heterocycles. The Morgan fingerprint density at radius 2 is 2.31 bits per heavy atom. The predicted octanol–water partition coefficient (Wildman–Crippen LogP) is 3.03. The molecule has 0 radical (unpaired) electrons. The van der Waals surface area contributed by atoms with Crippen LogP contribution in [0.3, 0.4) is 0 Å². The molecule has 0 saturated carbocycles. The Morgan fingerprint density at radius 1 is 1.50 bits per heavy atom. The maximum absolute atomic E-state index is 5.93. The molecule has 144 valence electrons. The lowest BCUT2D eigenvalue weighted by Crippen LogP contribution is -2.50. The van der Waals surface area contributed by atoms with E-state index in [0.717, 1.165) is 31.2 Å². The van der Waals surface area contributed by atoms with Crippen LogP contribution in [0, 0.1) is 0 Å². The van der Waals surface area contributed by atoms with Gasteiger partial charge in [-0.15, -0.1) is 35.3 Å². The Morgan fingerprint density at radius 3 is 2.92 bits per heavy atom. The summed E-state index contributed by atoms with van der Waals surface area (Å²) in [4.78, 5) is 8.14. The number of aryl methyl sites for hydroxylation is 1. The number of halogens is 1. The molecule has 0 spiro atoms. The van der Waals surface area contributed by atoms with Crippen LogP contribution in [0.15, 0.2) is 34.9 Å². The summed E-state index contributed by atoms with van der Waals surface area (Å²) >= 11 is 1.80. The summed E-state index contributed by atoms with van der Waals surface area (Å²) in [5, 5.41) is 9.93. The van der Waals surface area contributed by atoms with Crippen molar-refractivity contribution in [1.29, 1.82) is 0 Å². The normalized spacial score (nSPS) is 18.5. The molecular formula is C18H28IN5OS. The van der Waals surface area contributed by atoms with Crippen molar-refractivity contribution in [3.63, 3.8) is 0 Å². The number of thiophene rings is 1. The molecule has 1 atom stereocenters. The van der Waals surface area contributed by atoms with Crippen molar-refractivity contribution in [3.8, 4) is 0 Å². The van der Waals surface area contributed by atoms with Gasteiger partial charge in [0.05, 0.1) is 19.3 Å². The van der Waals surface area contributed by atoms with Crippen molar-refractivity contribution in [1.82, 2.24) is 20.0 Å². The standard InChI is InChI=1S/C18H27N5OS.HI/c1-18(2,16-6-5-9-25-16)13-20-17(19-3)23-7-8-24-15(12-23)14-10-21-22(4)11-14;/h5-6,9-11,15H,7-8,12-13H2,1-4H3,(H,19,20);1H. The van der Waals surface area contributed by atoms with E-state index in [2.05, 4.69) is 51.7 Å². The maximum Gasteiger partial charge on any atom is 0.193 e. The number of nitrogens with zero attached hydrogens (tertiary/aromatic N) is 4. The van der Waals surface area contributed by atoms with Crippen LogP contribution in [0.1, 0.15) is 30.4 Å². The van der Waals surface area contributed by atoms with Gasteiger partial charge in [-0.1, -0.05) is 19.9 Å². The molecule has 26 heavy (non-hydrogen) atoms. The third-order valence-corrected chi connectivity index (χ3v) is 5.79. The van der Waals surface area contributed by atoms with Gasteiger partial charge in [0.2, 0.25) is 0 Å². The second-order valence-corrected chi connectivity index (χ2v) is 7.96. The first kappa shape index (κ1) is 21.2. The SMILES string of the molecule is CN=C(NCC(C)(C)c1cccs1)N1CCOC(c2cnn(C)c2)C1.I. The monoisotopic (exact) mass is 489 g/mol. The molecule has 0 bridgehead atoms. The highest BCUT2D eigenvalue weighted by Crippen LogP contribution is 2.27. The van der Waals surface area contributed by atoms with E-state index in [1.807, 2.05) is 31.2 Å². The number of nitrogens with one attached hydrogen (secondary N) is 1. The molecule has 0 amide bonds. The second-order valence-electron chi connectivity index (χ2n) is 7.01. The van der Waals surface area contributed by atoms with Crippen LogP contribution in [-0.2, 0) is 17.2 Å². The Hall–Kier alpha value is -1.13. The van der Waals surface area contributed by atoms with E-state index in [1.165, 1.54) is 4.88 Å². The summed E-state index contributed by atoms with van der Waals surface area (Å²) in [6, 6.07) is 4.30. The first-order chi connectivity index (χ1) is 12.0. The lowest BCUT2D eigenvalue weighted by molar-refractivity contribution is -0.00808. The van der Waals surface area contributed by atoms with Crippen LogP contribution in [0.5, 0.6) is 0 Å². The maximum atomic E-state index is 5.93. The highest BCUT2D eigenvalue weighted by molar-refractivity contribution is 14.0. The van der Waals surface area contributed by atoms with E-state index in [0.29, 0.717) is 6.61 Å². The van der Waals surface area contributed by atoms with Gasteiger partial charge in [-0.25, -0.2) is 0 Å². The smallest absolute Gasteiger partial charge is 0.193 e. The Bertz CT molecular complexity index is 713. The van der Waals surface area contributed by atoms with Crippen molar-refractivity contribution in [2.24, 2.45) is 12.0 Å². The third-order valence-electron chi connectivity index (χ3n) is 4.55. The van der Waals surface area contributed by atoms with Crippen LogP contribution >= 0.6 is 35.3 Å². The molecule has 1 unspecified atom stereocenters. The zero-order valence-corrected chi connectivity index (χ0v) is 19.0. The summed E-state index contributed by atoms with van der Waals surface area (Å²) in [6.07, 6.45) is 3.93. The molecule has 3 rings (SSSR count). The van der Waals surface area contributed by atoms with Crippen LogP contribution in [0.4, 0.5) is 0 Å². The van der Waals surface area contributed by atoms with Crippen LogP contribution in [0.25, 0.3) is 0 Å². The number of guanidine groups is 1. The lowest BCUT2D eigenvalue weighted by Gasteiger charge is -2.36. The lowest BCUT2D eigenvalue weighted by atomic mass is 9.91. The van der Waals surface area contributed by atoms with Gasteiger partial charge in [-0.05, 0) is 11.4 Å². The highest BCUT2D eigenvalue weighted by atomic mass is 127. The van der Waals surface area contributed by atoms with Gasteiger partial charge in [0.1, 0.15) is 6.10 Å². The first-order valence-electron chi connectivity index (χ1n) is 8.59. The average molecular weight is 489 g/mol. The number of hydrogen-bond acceptors (Lipinski definition) is 4. The van der Waals surface area contributed by atoms with Crippen molar-refractivity contribution < 1.29 is 4.74 Å². The zero-order valence-electron chi connectivity index (χ0n) is 15.8. The number of aliphatic imine (C=N–C) groups is 1. The largest absolute Gasteiger partial charge is 0.370 e. The summed E-state index contributed by atoms with van der Waals surface area (Å²) in [5.41, 5.74) is 1.18. The van der Waals surface area contributed by atoms with Gasteiger partial charge >= 0.3 is 0 Å². The van der Waals surface area contributed by atoms with Crippen molar-refractivity contribution in [3.05, 3.63) is 40.3 Å². The number of morpholine rings is 1. The Labute approximate surface area is 176 Å². The Kier molecular flexibility index (Phi) is 7.48. The molecule has 1 N–H and O–H groups in total. The molecule has 1 aliphatic heterocycles. The van der Waals surface area contributed by atoms with E-state index < -0.39 is 0 Å². The number of aromatic nitrogens is 2. The topological polar surface area (TPSA) is 54.7 Å². The van der Waals surface area contributed by atoms with E-state index in [1.54, 1.807) is 11.3 Å². The summed E-state index contributed by atoms with van der Waals surface area (Å²) < 4.78 is 7.74. The average Bonchev–Trinajstić information content (AvgIpc) is 3.27. The second kappa shape index (κ2) is 9.18. The minimum atomic E-state index is 0. The summed E-state index contributed by atoms with van der Waals surface area (Å²) in [6.45, 7) is 7.68. The molecule has 2 aromatic rings. The fourth-order valence-corrected chi connectivity index (χ4v) is 3.88.